The molecule has 0 heterocycles. The van der Waals surface area contributed by atoms with E-state index >= 15 is 0 Å². The van der Waals surface area contributed by atoms with E-state index in [1.807, 2.05) is 39.9 Å². The summed E-state index contributed by atoms with van der Waals surface area (Å²) >= 11 is 9.33. The van der Waals surface area contributed by atoms with E-state index in [4.69, 9.17) is 12.2 Å². The third-order valence-electron chi connectivity index (χ3n) is 1.96. The quantitative estimate of drug-likeness (QED) is 0.637. The molecule has 0 bridgehead atoms. The molecule has 0 aliphatic rings. The molecule has 0 aromatic heterocycles. The molecule has 0 rings (SSSR count). The minimum Gasteiger partial charge on any atom is -0.383 e. The van der Waals surface area contributed by atoms with Gasteiger partial charge < -0.3 is 20.4 Å². The number of nitrogens with zero attached hydrogens (tertiary/aromatic N) is 2. The first-order chi connectivity index (χ1) is 9.83. The zero-order chi connectivity index (χ0) is 18.9. The van der Waals surface area contributed by atoms with E-state index in [0.29, 0.717) is 0 Å². The summed E-state index contributed by atoms with van der Waals surface area (Å²) in [5, 5.41) is 5.15. The minimum atomic E-state index is 0. The van der Waals surface area contributed by atoms with E-state index in [0.717, 1.165) is 9.98 Å². The molecule has 0 radical (unpaired) electrons. The minimum absolute atomic E-state index is 0. The van der Waals surface area contributed by atoms with Gasteiger partial charge in [0.25, 0.3) is 0 Å². The van der Waals surface area contributed by atoms with E-state index in [1.165, 1.54) is 18.7 Å². The Morgan fingerprint density at radius 2 is 0.957 bits per heavy atom. The van der Waals surface area contributed by atoms with Crippen molar-refractivity contribution < 1.29 is 9.59 Å². The van der Waals surface area contributed by atoms with Crippen LogP contribution in [0.15, 0.2) is 0 Å². The first-order valence-corrected chi connectivity index (χ1v) is 7.37. The highest BCUT2D eigenvalue weighted by atomic mass is 32.1. The second kappa shape index (κ2) is 23.0. The maximum atomic E-state index is 10.1. The predicted octanol–water partition coefficient (Wildman–Crippen LogP) is 1.93. The molecular weight excluding hydrogens is 332 g/mol. The summed E-state index contributed by atoms with van der Waals surface area (Å²) in [7, 11) is 10.7. The summed E-state index contributed by atoms with van der Waals surface area (Å²) in [4.78, 5) is 25.0. The predicted molar refractivity (Wildman–Crippen MR) is 110 cm³/mol. The van der Waals surface area contributed by atoms with E-state index in [-0.39, 0.29) is 19.2 Å². The van der Waals surface area contributed by atoms with Gasteiger partial charge in [-0.2, -0.15) is 0 Å². The zero-order valence-corrected chi connectivity index (χ0v) is 17.2. The second-order valence-electron chi connectivity index (χ2n) is 4.44. The molecule has 0 aromatic carbocycles. The maximum Gasteiger partial charge on any atom is 0.218 e. The largest absolute Gasteiger partial charge is 0.383 e. The van der Waals surface area contributed by atoms with Gasteiger partial charge in [-0.05, 0) is 13.8 Å². The molecule has 0 saturated carbocycles. The summed E-state index contributed by atoms with van der Waals surface area (Å²) in [5.41, 5.74) is 0. The van der Waals surface area contributed by atoms with Crippen LogP contribution in [0.1, 0.15) is 35.1 Å². The molecule has 2 N–H and O–H groups in total. The molecule has 0 aliphatic carbocycles. The SMILES string of the molecule is C.CC(=O)N(C)C.CC(=S)N(C)C.CNC(C)=O.CNC(C)=S. The van der Waals surface area contributed by atoms with Crippen molar-refractivity contribution in [1.82, 2.24) is 20.4 Å². The van der Waals surface area contributed by atoms with Gasteiger partial charge >= 0.3 is 0 Å². The van der Waals surface area contributed by atoms with Crippen LogP contribution in [-0.2, 0) is 9.59 Å². The lowest BCUT2D eigenvalue weighted by atomic mass is 10.7. The van der Waals surface area contributed by atoms with Crippen LogP contribution in [0, 0.1) is 0 Å². The first-order valence-electron chi connectivity index (χ1n) is 6.55. The van der Waals surface area contributed by atoms with Crippen molar-refractivity contribution in [2.75, 3.05) is 42.3 Å². The Kier molecular flexibility index (Phi) is 33.3. The molecule has 0 aliphatic heterocycles. The van der Waals surface area contributed by atoms with E-state index in [1.54, 1.807) is 21.1 Å². The Balaban J connectivity index is -0.0000000620. The van der Waals surface area contributed by atoms with E-state index in [9.17, 15) is 9.59 Å². The van der Waals surface area contributed by atoms with Crippen LogP contribution in [0.3, 0.4) is 0 Å². The normalized spacial score (nSPS) is 7.04. The third-order valence-corrected chi connectivity index (χ3v) is 2.53. The molecular formula is C15H36N4O2S2. The summed E-state index contributed by atoms with van der Waals surface area (Å²) < 4.78 is 0. The number of thiocarbonyl (C=S) groups is 2. The summed E-state index contributed by atoms with van der Waals surface area (Å²) in [5.74, 6) is 0.0972. The number of carbonyl (C=O) groups is 2. The van der Waals surface area contributed by atoms with Gasteiger partial charge in [0.1, 0.15) is 0 Å². The highest BCUT2D eigenvalue weighted by molar-refractivity contribution is 7.80. The number of amides is 2. The molecule has 0 unspecified atom stereocenters. The van der Waals surface area contributed by atoms with E-state index in [2.05, 4.69) is 22.9 Å². The summed E-state index contributed by atoms with van der Waals surface area (Å²) in [6.45, 7) is 6.74. The third kappa shape index (κ3) is 63.2. The lowest BCUT2D eigenvalue weighted by Crippen LogP contribution is -2.17. The smallest absolute Gasteiger partial charge is 0.218 e. The Morgan fingerprint density at radius 3 is 0.957 bits per heavy atom. The Bertz CT molecular complexity index is 301. The van der Waals surface area contributed by atoms with Crippen molar-refractivity contribution in [3.8, 4) is 0 Å². The van der Waals surface area contributed by atoms with Crippen molar-refractivity contribution in [2.24, 2.45) is 0 Å². The number of nitrogens with one attached hydrogen (secondary N) is 2. The molecule has 0 fully saturated rings. The van der Waals surface area contributed by atoms with Crippen LogP contribution >= 0.6 is 24.4 Å². The number of hydrogen-bond donors (Lipinski definition) is 2. The van der Waals surface area contributed by atoms with Crippen molar-refractivity contribution >= 4 is 46.2 Å². The maximum absolute atomic E-state index is 10.1. The average molecular weight is 369 g/mol. The average Bonchev–Trinajstić information content (AvgIpc) is 2.40. The van der Waals surface area contributed by atoms with Crippen molar-refractivity contribution in [3.05, 3.63) is 0 Å². The van der Waals surface area contributed by atoms with Crippen LogP contribution in [0.4, 0.5) is 0 Å². The standard InChI is InChI=1S/C4H9NO.C4H9NS.C3H7NO.C3H7NS.CH4/c2*1-4(6)5(2)3;2*1-3(5)4-2;/h2*1-3H3;2*1-2H3,(H,4,5);1H4. The van der Waals surface area contributed by atoms with Gasteiger partial charge in [-0.3, -0.25) is 9.59 Å². The van der Waals surface area contributed by atoms with Gasteiger partial charge in [0.2, 0.25) is 11.8 Å². The van der Waals surface area contributed by atoms with Crippen LogP contribution < -0.4 is 10.6 Å². The molecule has 140 valence electrons. The molecule has 0 aromatic rings. The molecule has 0 spiro atoms. The molecule has 8 heteroatoms. The molecule has 0 atom stereocenters. The van der Waals surface area contributed by atoms with Gasteiger partial charge in [0.15, 0.2) is 0 Å². The van der Waals surface area contributed by atoms with Crippen molar-refractivity contribution in [2.45, 2.75) is 35.1 Å². The monoisotopic (exact) mass is 368 g/mol. The highest BCUT2D eigenvalue weighted by Crippen LogP contribution is 1.75. The van der Waals surface area contributed by atoms with Gasteiger partial charge in [-0.1, -0.05) is 31.9 Å². The fraction of sp³-hybridized carbons (Fsp3) is 0.733. The second-order valence-corrected chi connectivity index (χ2v) is 5.64. The summed E-state index contributed by atoms with van der Waals surface area (Å²) in [6, 6.07) is 0. The van der Waals surface area contributed by atoms with Crippen LogP contribution in [0.25, 0.3) is 0 Å². The van der Waals surface area contributed by atoms with E-state index < -0.39 is 0 Å². The van der Waals surface area contributed by atoms with Crippen molar-refractivity contribution in [1.29, 1.82) is 0 Å². The lowest BCUT2D eigenvalue weighted by molar-refractivity contribution is -0.126. The lowest BCUT2D eigenvalue weighted by Gasteiger charge is -2.06. The Hall–Kier alpha value is -1.28. The van der Waals surface area contributed by atoms with Crippen LogP contribution in [0.2, 0.25) is 0 Å². The molecule has 6 nitrogen and oxygen atoms in total. The van der Waals surface area contributed by atoms with Gasteiger partial charge in [-0.25, -0.2) is 0 Å². The number of carbonyl (C=O) groups excluding carboxylic acids is 2. The highest BCUT2D eigenvalue weighted by Gasteiger charge is 1.87. The first kappa shape index (κ1) is 33.4. The fourth-order valence-corrected chi connectivity index (χ4v) is 0. The van der Waals surface area contributed by atoms with Gasteiger partial charge in [-0.15, -0.1) is 0 Å². The number of hydrogen-bond acceptors (Lipinski definition) is 4. The Labute approximate surface area is 154 Å². The van der Waals surface area contributed by atoms with Crippen LogP contribution in [0.5, 0.6) is 0 Å². The molecule has 2 amide bonds. The molecule has 23 heavy (non-hydrogen) atoms. The topological polar surface area (TPSA) is 64.7 Å². The van der Waals surface area contributed by atoms with Crippen molar-refractivity contribution in [3.63, 3.8) is 0 Å². The van der Waals surface area contributed by atoms with Crippen LogP contribution in [-0.4, -0.2) is 73.9 Å². The van der Waals surface area contributed by atoms with Gasteiger partial charge in [0.05, 0.1) is 9.98 Å². The Morgan fingerprint density at radius 1 is 0.783 bits per heavy atom. The summed E-state index contributed by atoms with van der Waals surface area (Å²) in [6.07, 6.45) is 0. The fourth-order valence-electron chi connectivity index (χ4n) is 0. The zero-order valence-electron chi connectivity index (χ0n) is 15.5. The molecule has 0 saturated heterocycles. The van der Waals surface area contributed by atoms with Gasteiger partial charge in [0, 0.05) is 56.1 Å². The number of rotatable bonds is 0.